The molecule has 2 heterocycles. The van der Waals surface area contributed by atoms with Crippen molar-refractivity contribution >= 4 is 35.8 Å². The van der Waals surface area contributed by atoms with E-state index >= 15 is 0 Å². The Bertz CT molecular complexity index is 616. The fourth-order valence-electron chi connectivity index (χ4n) is 2.96. The van der Waals surface area contributed by atoms with Crippen LogP contribution in [0.15, 0.2) is 17.4 Å². The van der Waals surface area contributed by atoms with Crippen molar-refractivity contribution in [3.8, 4) is 0 Å². The van der Waals surface area contributed by atoms with Crippen LogP contribution in [0.25, 0.3) is 0 Å². The summed E-state index contributed by atoms with van der Waals surface area (Å²) in [7, 11) is 3.70. The minimum atomic E-state index is 0. The van der Waals surface area contributed by atoms with Gasteiger partial charge in [0.25, 0.3) is 0 Å². The lowest BCUT2D eigenvalue weighted by Crippen LogP contribution is -2.48. The van der Waals surface area contributed by atoms with Crippen LogP contribution in [0.5, 0.6) is 0 Å². The monoisotopic (exact) mass is 476 g/mol. The Morgan fingerprint density at radius 3 is 2.92 bits per heavy atom. The molecule has 1 atom stereocenters. The van der Waals surface area contributed by atoms with Gasteiger partial charge in [0.1, 0.15) is 6.10 Å². The Kier molecular flexibility index (Phi) is 8.14. The van der Waals surface area contributed by atoms with Crippen molar-refractivity contribution < 1.29 is 9.53 Å². The third-order valence-corrected chi connectivity index (χ3v) is 4.48. The van der Waals surface area contributed by atoms with E-state index in [2.05, 4.69) is 25.6 Å². The van der Waals surface area contributed by atoms with Crippen molar-refractivity contribution in [3.05, 3.63) is 18.0 Å². The molecule has 8 nitrogen and oxygen atoms in total. The number of nitrogens with zero attached hydrogens (tertiary/aromatic N) is 4. The highest BCUT2D eigenvalue weighted by Crippen LogP contribution is 2.21. The van der Waals surface area contributed by atoms with Crippen LogP contribution < -0.4 is 10.6 Å². The van der Waals surface area contributed by atoms with Crippen LogP contribution in [-0.2, 0) is 16.6 Å². The number of aryl methyl sites for hydroxylation is 1. The van der Waals surface area contributed by atoms with E-state index in [4.69, 9.17) is 4.74 Å². The van der Waals surface area contributed by atoms with Crippen LogP contribution in [0.2, 0.25) is 0 Å². The maximum Gasteiger partial charge on any atom is 0.220 e. The number of aromatic nitrogens is 2. The van der Waals surface area contributed by atoms with Gasteiger partial charge in [0.2, 0.25) is 5.91 Å². The second kappa shape index (κ2) is 10.1. The number of halogens is 1. The molecule has 0 aromatic carbocycles. The fraction of sp³-hybridized carbons (Fsp3) is 0.706. The third-order valence-electron chi connectivity index (χ3n) is 4.48. The van der Waals surface area contributed by atoms with E-state index in [0.717, 1.165) is 50.4 Å². The van der Waals surface area contributed by atoms with Gasteiger partial charge in [0, 0.05) is 51.4 Å². The van der Waals surface area contributed by atoms with Crippen LogP contribution >= 0.6 is 24.0 Å². The maximum absolute atomic E-state index is 11.7. The molecule has 1 aliphatic heterocycles. The number of hydrogen-bond donors (Lipinski definition) is 2. The maximum atomic E-state index is 11.7. The summed E-state index contributed by atoms with van der Waals surface area (Å²) in [5, 5.41) is 10.6. The molecule has 2 aliphatic rings. The van der Waals surface area contributed by atoms with Gasteiger partial charge in [-0.15, -0.1) is 24.0 Å². The summed E-state index contributed by atoms with van der Waals surface area (Å²) in [6.45, 7) is 2.94. The molecule has 146 valence electrons. The topological polar surface area (TPSA) is 83.8 Å². The smallest absolute Gasteiger partial charge is 0.220 e. The van der Waals surface area contributed by atoms with E-state index in [1.165, 1.54) is 0 Å². The van der Waals surface area contributed by atoms with Crippen LogP contribution in [-0.4, -0.2) is 65.9 Å². The van der Waals surface area contributed by atoms with Gasteiger partial charge < -0.3 is 20.3 Å². The first-order chi connectivity index (χ1) is 12.2. The average Bonchev–Trinajstić information content (AvgIpc) is 3.32. The zero-order chi connectivity index (χ0) is 17.6. The van der Waals surface area contributed by atoms with Crippen molar-refractivity contribution in [2.24, 2.45) is 12.0 Å². The molecule has 1 unspecified atom stereocenters. The van der Waals surface area contributed by atoms with Crippen LogP contribution in [0.3, 0.4) is 0 Å². The third kappa shape index (κ3) is 6.11. The molecule has 1 aromatic rings. The predicted octanol–water partition coefficient (Wildman–Crippen LogP) is 1.05. The molecule has 9 heteroatoms. The number of morpholine rings is 1. The van der Waals surface area contributed by atoms with Crippen LogP contribution in [0, 0.1) is 0 Å². The number of carbonyl (C=O) groups excluding carboxylic acids is 1. The van der Waals surface area contributed by atoms with Crippen LogP contribution in [0.1, 0.15) is 37.4 Å². The summed E-state index contributed by atoms with van der Waals surface area (Å²) >= 11 is 0. The normalized spacial score (nSPS) is 20.5. The molecule has 1 saturated carbocycles. The minimum absolute atomic E-state index is 0. The highest BCUT2D eigenvalue weighted by atomic mass is 127. The van der Waals surface area contributed by atoms with E-state index in [1.807, 2.05) is 19.4 Å². The molecule has 26 heavy (non-hydrogen) atoms. The van der Waals surface area contributed by atoms with Gasteiger partial charge in [-0.05, 0) is 19.3 Å². The lowest BCUT2D eigenvalue weighted by Gasteiger charge is -2.34. The summed E-state index contributed by atoms with van der Waals surface area (Å²) in [5.41, 5.74) is 1.08. The first kappa shape index (κ1) is 20.9. The lowest BCUT2D eigenvalue weighted by atomic mass is 10.1. The van der Waals surface area contributed by atoms with E-state index < -0.39 is 0 Å². The van der Waals surface area contributed by atoms with Crippen molar-refractivity contribution in [1.29, 1.82) is 0 Å². The number of amides is 1. The second-order valence-corrected chi connectivity index (χ2v) is 6.67. The number of carbonyl (C=O) groups is 1. The summed E-state index contributed by atoms with van der Waals surface area (Å²) in [4.78, 5) is 18.3. The van der Waals surface area contributed by atoms with Gasteiger partial charge in [-0.1, -0.05) is 0 Å². The lowest BCUT2D eigenvalue weighted by molar-refractivity contribution is -0.121. The van der Waals surface area contributed by atoms with Crippen molar-refractivity contribution in [2.45, 2.75) is 37.8 Å². The zero-order valence-electron chi connectivity index (χ0n) is 15.5. The van der Waals surface area contributed by atoms with E-state index in [1.54, 1.807) is 11.7 Å². The largest absolute Gasteiger partial charge is 0.370 e. The standard InChI is InChI=1S/C17H28N6O2.HI/c1-18-17(19-7-3-4-16(24)21-14-5-6-14)23-8-9-25-15(12-23)13-10-20-22(2)11-13;/h10-11,14-15H,3-9,12H2,1-2H3,(H,18,19)(H,21,24);1H. The Hall–Kier alpha value is -1.36. The Morgan fingerprint density at radius 1 is 1.46 bits per heavy atom. The number of rotatable bonds is 6. The SMILES string of the molecule is CN=C(NCCCC(=O)NC1CC1)N1CCOC(c2cnn(C)c2)C1.I. The molecular formula is C17H29IN6O2. The Labute approximate surface area is 171 Å². The summed E-state index contributed by atoms with van der Waals surface area (Å²) in [6, 6.07) is 0.436. The predicted molar refractivity (Wildman–Crippen MR) is 111 cm³/mol. The molecule has 1 aromatic heterocycles. The van der Waals surface area contributed by atoms with Gasteiger partial charge in [-0.2, -0.15) is 5.10 Å². The summed E-state index contributed by atoms with van der Waals surface area (Å²) in [5.74, 6) is 1.02. The number of nitrogens with one attached hydrogen (secondary N) is 2. The number of guanidine groups is 1. The van der Waals surface area contributed by atoms with Crippen molar-refractivity contribution in [1.82, 2.24) is 25.3 Å². The van der Waals surface area contributed by atoms with E-state index in [9.17, 15) is 4.79 Å². The van der Waals surface area contributed by atoms with E-state index in [-0.39, 0.29) is 36.0 Å². The Balaban J connectivity index is 0.00000243. The number of ether oxygens (including phenoxy) is 1. The molecule has 1 saturated heterocycles. The van der Waals surface area contributed by atoms with Gasteiger partial charge in [0.05, 0.1) is 19.3 Å². The summed E-state index contributed by atoms with van der Waals surface area (Å²) in [6.07, 6.45) is 7.46. The highest BCUT2D eigenvalue weighted by Gasteiger charge is 2.25. The number of hydrogen-bond acceptors (Lipinski definition) is 4. The fourth-order valence-corrected chi connectivity index (χ4v) is 2.96. The van der Waals surface area contributed by atoms with Gasteiger partial charge in [-0.25, -0.2) is 0 Å². The van der Waals surface area contributed by atoms with Gasteiger partial charge in [-0.3, -0.25) is 14.5 Å². The van der Waals surface area contributed by atoms with Crippen molar-refractivity contribution in [3.63, 3.8) is 0 Å². The first-order valence-electron chi connectivity index (χ1n) is 9.01. The van der Waals surface area contributed by atoms with Crippen LogP contribution in [0.4, 0.5) is 0 Å². The zero-order valence-corrected chi connectivity index (χ0v) is 17.8. The molecule has 2 fully saturated rings. The minimum Gasteiger partial charge on any atom is -0.370 e. The second-order valence-electron chi connectivity index (χ2n) is 6.67. The summed E-state index contributed by atoms with van der Waals surface area (Å²) < 4.78 is 7.66. The number of aliphatic imine (C=N–C) groups is 1. The molecule has 0 radical (unpaired) electrons. The van der Waals surface area contributed by atoms with Crippen molar-refractivity contribution in [2.75, 3.05) is 33.3 Å². The molecule has 1 aliphatic carbocycles. The first-order valence-corrected chi connectivity index (χ1v) is 9.01. The molecule has 3 rings (SSSR count). The molecule has 1 amide bonds. The van der Waals surface area contributed by atoms with Gasteiger partial charge in [0.15, 0.2) is 5.96 Å². The molecular weight excluding hydrogens is 447 g/mol. The molecule has 0 bridgehead atoms. The Morgan fingerprint density at radius 2 is 2.27 bits per heavy atom. The quantitative estimate of drug-likeness (QED) is 0.278. The average molecular weight is 476 g/mol. The van der Waals surface area contributed by atoms with E-state index in [0.29, 0.717) is 19.1 Å². The highest BCUT2D eigenvalue weighted by molar-refractivity contribution is 14.0. The molecule has 0 spiro atoms. The van der Waals surface area contributed by atoms with Gasteiger partial charge >= 0.3 is 0 Å². The molecule has 2 N–H and O–H groups in total.